The van der Waals surface area contributed by atoms with Crippen molar-refractivity contribution < 1.29 is 9.53 Å². The third kappa shape index (κ3) is 2.40. The normalized spacial score (nSPS) is 10.8. The Morgan fingerprint density at radius 3 is 2.81 bits per heavy atom. The fourth-order valence-corrected chi connectivity index (χ4v) is 2.65. The molecule has 0 spiro atoms. The van der Waals surface area contributed by atoms with E-state index < -0.39 is 0 Å². The van der Waals surface area contributed by atoms with Crippen LogP contribution in [-0.2, 0) is 0 Å². The largest absolute Gasteiger partial charge is 0.495 e. The van der Waals surface area contributed by atoms with Gasteiger partial charge in [0.05, 0.1) is 12.8 Å². The van der Waals surface area contributed by atoms with Crippen LogP contribution in [0.25, 0.3) is 10.9 Å². The maximum Gasteiger partial charge on any atom is 0.195 e. The Kier molecular flexibility index (Phi) is 3.43. The molecule has 3 N–H and O–H groups in total. The van der Waals surface area contributed by atoms with Gasteiger partial charge in [0.25, 0.3) is 0 Å². The van der Waals surface area contributed by atoms with Crippen molar-refractivity contribution in [2.45, 2.75) is 0 Å². The maximum atomic E-state index is 12.7. The molecule has 0 bridgehead atoms. The summed E-state index contributed by atoms with van der Waals surface area (Å²) in [6.07, 6.45) is 1.72. The molecule has 0 atom stereocenters. The van der Waals surface area contributed by atoms with Gasteiger partial charge in [-0.25, -0.2) is 0 Å². The number of H-pyrrole nitrogens is 1. The van der Waals surface area contributed by atoms with Crippen LogP contribution in [0.15, 0.2) is 47.1 Å². The monoisotopic (exact) mass is 344 g/mol. The van der Waals surface area contributed by atoms with E-state index in [9.17, 15) is 4.79 Å². The van der Waals surface area contributed by atoms with Crippen molar-refractivity contribution in [2.24, 2.45) is 0 Å². The molecule has 3 aromatic rings. The number of hydrogen-bond donors (Lipinski definition) is 2. The summed E-state index contributed by atoms with van der Waals surface area (Å²) in [4.78, 5) is 15.8. The van der Waals surface area contributed by atoms with Gasteiger partial charge in [0.2, 0.25) is 0 Å². The van der Waals surface area contributed by atoms with Crippen LogP contribution < -0.4 is 10.5 Å². The zero-order valence-electron chi connectivity index (χ0n) is 11.3. The Morgan fingerprint density at radius 1 is 1.24 bits per heavy atom. The number of rotatable bonds is 3. The Hall–Kier alpha value is -2.27. The smallest absolute Gasteiger partial charge is 0.195 e. The highest BCUT2D eigenvalue weighted by atomic mass is 79.9. The number of hydrogen-bond acceptors (Lipinski definition) is 3. The fraction of sp³-hybridized carbons (Fsp3) is 0.0625. The summed E-state index contributed by atoms with van der Waals surface area (Å²) in [5.41, 5.74) is 8.38. The van der Waals surface area contributed by atoms with Crippen molar-refractivity contribution in [2.75, 3.05) is 12.8 Å². The third-order valence-electron chi connectivity index (χ3n) is 3.38. The number of ether oxygens (including phenoxy) is 1. The molecule has 0 aliphatic carbocycles. The molecule has 0 saturated heterocycles. The number of methoxy groups -OCH3 is 1. The van der Waals surface area contributed by atoms with Gasteiger partial charge in [-0.1, -0.05) is 15.9 Å². The lowest BCUT2D eigenvalue weighted by Gasteiger charge is -2.06. The van der Waals surface area contributed by atoms with E-state index in [-0.39, 0.29) is 5.78 Å². The number of ketones is 1. The standard InChI is InChI=1S/C16H13BrN2O2/c1-21-15-6-9(2-4-13(15)18)16(20)12-8-19-14-5-3-10(17)7-11(12)14/h2-8,19H,18H2,1H3. The molecule has 3 rings (SSSR count). The lowest BCUT2D eigenvalue weighted by Crippen LogP contribution is -2.02. The number of fused-ring (bicyclic) bond motifs is 1. The molecule has 1 aromatic heterocycles. The summed E-state index contributed by atoms with van der Waals surface area (Å²) in [6, 6.07) is 10.8. The van der Waals surface area contributed by atoms with Crippen molar-refractivity contribution >= 4 is 38.3 Å². The number of carbonyl (C=O) groups is 1. The maximum absolute atomic E-state index is 12.7. The highest BCUT2D eigenvalue weighted by molar-refractivity contribution is 9.10. The average molecular weight is 345 g/mol. The summed E-state index contributed by atoms with van der Waals surface area (Å²) in [6.45, 7) is 0. The zero-order valence-corrected chi connectivity index (χ0v) is 12.9. The second kappa shape index (κ2) is 5.26. The molecule has 0 aliphatic rings. The summed E-state index contributed by atoms with van der Waals surface area (Å²) < 4.78 is 6.10. The minimum absolute atomic E-state index is 0.0716. The van der Waals surface area contributed by atoms with Gasteiger partial charge in [0.15, 0.2) is 5.78 Å². The molecule has 2 aromatic carbocycles. The Balaban J connectivity index is 2.10. The van der Waals surface area contributed by atoms with Crippen LogP contribution in [0.5, 0.6) is 5.75 Å². The second-order valence-corrected chi connectivity index (χ2v) is 5.59. The molecule has 106 valence electrons. The fourth-order valence-electron chi connectivity index (χ4n) is 2.29. The van der Waals surface area contributed by atoms with Crippen molar-refractivity contribution in [3.63, 3.8) is 0 Å². The highest BCUT2D eigenvalue weighted by Crippen LogP contribution is 2.27. The molecule has 21 heavy (non-hydrogen) atoms. The van der Waals surface area contributed by atoms with E-state index in [1.54, 1.807) is 24.4 Å². The Morgan fingerprint density at radius 2 is 2.05 bits per heavy atom. The van der Waals surface area contributed by atoms with E-state index in [1.165, 1.54) is 7.11 Å². The first-order valence-electron chi connectivity index (χ1n) is 6.35. The molecule has 0 aliphatic heterocycles. The minimum Gasteiger partial charge on any atom is -0.495 e. The molecule has 0 radical (unpaired) electrons. The first-order chi connectivity index (χ1) is 10.1. The topological polar surface area (TPSA) is 68.1 Å². The van der Waals surface area contributed by atoms with E-state index >= 15 is 0 Å². The number of benzene rings is 2. The number of carbonyl (C=O) groups excluding carboxylic acids is 1. The molecular formula is C16H13BrN2O2. The Bertz CT molecular complexity index is 839. The summed E-state index contributed by atoms with van der Waals surface area (Å²) in [5, 5.41) is 0.880. The molecule has 0 unspecified atom stereocenters. The predicted octanol–water partition coefficient (Wildman–Crippen LogP) is 3.75. The molecule has 1 heterocycles. The first-order valence-corrected chi connectivity index (χ1v) is 7.14. The summed E-state index contributed by atoms with van der Waals surface area (Å²) >= 11 is 3.43. The predicted molar refractivity (Wildman–Crippen MR) is 86.8 cm³/mol. The lowest BCUT2D eigenvalue weighted by molar-refractivity contribution is 0.104. The van der Waals surface area contributed by atoms with Crippen LogP contribution in [-0.4, -0.2) is 17.9 Å². The third-order valence-corrected chi connectivity index (χ3v) is 3.88. The number of anilines is 1. The molecular weight excluding hydrogens is 332 g/mol. The number of halogens is 1. The van der Waals surface area contributed by atoms with Gasteiger partial charge in [-0.15, -0.1) is 0 Å². The van der Waals surface area contributed by atoms with Gasteiger partial charge in [-0.05, 0) is 36.4 Å². The average Bonchev–Trinajstić information content (AvgIpc) is 2.90. The van der Waals surface area contributed by atoms with E-state index in [0.717, 1.165) is 15.4 Å². The van der Waals surface area contributed by atoms with Gasteiger partial charge < -0.3 is 15.5 Å². The number of nitrogen functional groups attached to an aromatic ring is 1. The number of aromatic amines is 1. The van der Waals surface area contributed by atoms with Gasteiger partial charge in [0, 0.05) is 32.7 Å². The van der Waals surface area contributed by atoms with Gasteiger partial charge >= 0.3 is 0 Å². The molecule has 0 amide bonds. The zero-order chi connectivity index (χ0) is 15.0. The van der Waals surface area contributed by atoms with E-state index in [0.29, 0.717) is 22.6 Å². The minimum atomic E-state index is -0.0716. The number of nitrogens with two attached hydrogens (primary N) is 1. The molecule has 4 nitrogen and oxygen atoms in total. The van der Waals surface area contributed by atoms with Crippen LogP contribution in [0, 0.1) is 0 Å². The van der Waals surface area contributed by atoms with Crippen molar-refractivity contribution in [1.82, 2.24) is 4.98 Å². The Labute approximate surface area is 130 Å². The highest BCUT2D eigenvalue weighted by Gasteiger charge is 2.15. The number of aromatic nitrogens is 1. The van der Waals surface area contributed by atoms with Crippen LogP contribution in [0.2, 0.25) is 0 Å². The van der Waals surface area contributed by atoms with Crippen molar-refractivity contribution in [3.05, 3.63) is 58.2 Å². The van der Waals surface area contributed by atoms with Crippen LogP contribution in [0.3, 0.4) is 0 Å². The number of nitrogens with one attached hydrogen (secondary N) is 1. The van der Waals surface area contributed by atoms with E-state index in [2.05, 4.69) is 20.9 Å². The lowest BCUT2D eigenvalue weighted by atomic mass is 10.0. The van der Waals surface area contributed by atoms with Crippen molar-refractivity contribution in [1.29, 1.82) is 0 Å². The van der Waals surface area contributed by atoms with Crippen molar-refractivity contribution in [3.8, 4) is 5.75 Å². The van der Waals surface area contributed by atoms with Crippen LogP contribution in [0.1, 0.15) is 15.9 Å². The van der Waals surface area contributed by atoms with Gasteiger partial charge in [-0.2, -0.15) is 0 Å². The van der Waals surface area contributed by atoms with E-state index in [1.807, 2.05) is 18.2 Å². The quantitative estimate of drug-likeness (QED) is 0.561. The van der Waals surface area contributed by atoms with Gasteiger partial charge in [0.1, 0.15) is 5.75 Å². The van der Waals surface area contributed by atoms with E-state index in [4.69, 9.17) is 10.5 Å². The second-order valence-electron chi connectivity index (χ2n) is 4.68. The van der Waals surface area contributed by atoms with Crippen LogP contribution >= 0.6 is 15.9 Å². The SMILES string of the molecule is COc1cc(C(=O)c2c[nH]c3ccc(Br)cc23)ccc1N. The first kappa shape index (κ1) is 13.7. The molecule has 0 fully saturated rings. The molecule has 0 saturated carbocycles. The summed E-state index contributed by atoms with van der Waals surface area (Å²) in [7, 11) is 1.53. The summed E-state index contributed by atoms with van der Waals surface area (Å²) in [5.74, 6) is 0.430. The molecule has 5 heteroatoms. The van der Waals surface area contributed by atoms with Crippen LogP contribution in [0.4, 0.5) is 5.69 Å². The van der Waals surface area contributed by atoms with Gasteiger partial charge in [-0.3, -0.25) is 4.79 Å².